The molecule has 29 heavy (non-hydrogen) atoms. The highest BCUT2D eigenvalue weighted by atomic mass is 16.5. The maximum Gasteiger partial charge on any atom is 0.325 e. The van der Waals surface area contributed by atoms with Gasteiger partial charge in [-0.05, 0) is 23.5 Å². The molecule has 2 aromatic carbocycles. The summed E-state index contributed by atoms with van der Waals surface area (Å²) < 4.78 is 5.36. The van der Waals surface area contributed by atoms with Crippen LogP contribution in [0.5, 0.6) is 0 Å². The summed E-state index contributed by atoms with van der Waals surface area (Å²) in [5.74, 6) is -5.40. The quantitative estimate of drug-likeness (QED) is 0.466. The standard InChI is InChI=1S/C23H26O6/c1-16(2)13-19(20(24)25)23(21(26)27,14-17-9-5-3-6-10-17)22(28)29-15-18-11-7-4-8-12-18/h3-12,16,19H,13-15H2,1-2H3,(H,24,25)(H,26,27). The first-order valence-electron chi connectivity index (χ1n) is 9.48. The van der Waals surface area contributed by atoms with Crippen LogP contribution in [-0.2, 0) is 32.1 Å². The molecule has 2 atom stereocenters. The van der Waals surface area contributed by atoms with E-state index in [1.807, 2.05) is 6.07 Å². The second-order valence-corrected chi connectivity index (χ2v) is 7.52. The van der Waals surface area contributed by atoms with Crippen LogP contribution in [-0.4, -0.2) is 28.1 Å². The van der Waals surface area contributed by atoms with Gasteiger partial charge in [0.05, 0.1) is 5.92 Å². The maximum atomic E-state index is 13.1. The van der Waals surface area contributed by atoms with Crippen LogP contribution in [0, 0.1) is 17.3 Å². The molecule has 0 aromatic heterocycles. The zero-order chi connectivity index (χ0) is 21.4. The Hall–Kier alpha value is -3.15. The Morgan fingerprint density at radius 1 is 0.897 bits per heavy atom. The van der Waals surface area contributed by atoms with Crippen LogP contribution in [0.15, 0.2) is 60.7 Å². The first-order valence-corrected chi connectivity index (χ1v) is 9.48. The Labute approximate surface area is 170 Å². The molecule has 6 heteroatoms. The van der Waals surface area contributed by atoms with Crippen LogP contribution in [0.4, 0.5) is 0 Å². The molecule has 154 valence electrons. The summed E-state index contributed by atoms with van der Waals surface area (Å²) >= 11 is 0. The Bertz CT molecular complexity index is 831. The highest BCUT2D eigenvalue weighted by Crippen LogP contribution is 2.39. The SMILES string of the molecule is CC(C)CC(C(=O)O)C(Cc1ccccc1)(C(=O)O)C(=O)OCc1ccccc1. The number of carbonyl (C=O) groups excluding carboxylic acids is 1. The zero-order valence-corrected chi connectivity index (χ0v) is 16.6. The number of aliphatic carboxylic acids is 2. The fourth-order valence-electron chi connectivity index (χ4n) is 3.40. The van der Waals surface area contributed by atoms with Gasteiger partial charge >= 0.3 is 17.9 Å². The van der Waals surface area contributed by atoms with Crippen molar-refractivity contribution in [2.75, 3.05) is 0 Å². The molecule has 2 rings (SSSR count). The summed E-state index contributed by atoms with van der Waals surface area (Å²) in [6, 6.07) is 17.4. The van der Waals surface area contributed by atoms with Gasteiger partial charge in [-0.25, -0.2) is 0 Å². The summed E-state index contributed by atoms with van der Waals surface area (Å²) in [5.41, 5.74) is -0.983. The molecule has 0 radical (unpaired) electrons. The van der Waals surface area contributed by atoms with Gasteiger partial charge < -0.3 is 14.9 Å². The normalized spacial score (nSPS) is 14.0. The van der Waals surface area contributed by atoms with Crippen LogP contribution in [0.1, 0.15) is 31.4 Å². The van der Waals surface area contributed by atoms with E-state index < -0.39 is 29.2 Å². The second-order valence-electron chi connectivity index (χ2n) is 7.52. The summed E-state index contributed by atoms with van der Waals surface area (Å²) in [6.45, 7) is 3.46. The van der Waals surface area contributed by atoms with Gasteiger partial charge in [-0.2, -0.15) is 0 Å². The molecule has 2 unspecified atom stereocenters. The lowest BCUT2D eigenvalue weighted by molar-refractivity contribution is -0.181. The molecule has 0 saturated carbocycles. The van der Waals surface area contributed by atoms with Gasteiger partial charge in [-0.3, -0.25) is 14.4 Å². The van der Waals surface area contributed by atoms with Gasteiger partial charge in [-0.15, -0.1) is 0 Å². The van der Waals surface area contributed by atoms with Crippen LogP contribution < -0.4 is 0 Å². The van der Waals surface area contributed by atoms with E-state index in [0.717, 1.165) is 0 Å². The minimum absolute atomic E-state index is 0.0366. The Kier molecular flexibility index (Phi) is 7.53. The molecule has 0 aliphatic heterocycles. The van der Waals surface area contributed by atoms with E-state index in [0.29, 0.717) is 11.1 Å². The largest absolute Gasteiger partial charge is 0.481 e. The van der Waals surface area contributed by atoms with Gasteiger partial charge in [0.1, 0.15) is 6.61 Å². The third-order valence-corrected chi connectivity index (χ3v) is 4.88. The third-order valence-electron chi connectivity index (χ3n) is 4.88. The molecule has 0 aliphatic rings. The van der Waals surface area contributed by atoms with Crippen LogP contribution >= 0.6 is 0 Å². The Morgan fingerprint density at radius 3 is 1.86 bits per heavy atom. The lowest BCUT2D eigenvalue weighted by Crippen LogP contribution is -2.51. The van der Waals surface area contributed by atoms with E-state index in [9.17, 15) is 24.6 Å². The van der Waals surface area contributed by atoms with Gasteiger partial charge in [0, 0.05) is 6.42 Å². The maximum absolute atomic E-state index is 13.1. The number of esters is 1. The number of carboxylic acids is 2. The minimum atomic E-state index is -2.23. The number of ether oxygens (including phenoxy) is 1. The van der Waals surface area contributed by atoms with E-state index in [1.165, 1.54) is 0 Å². The lowest BCUT2D eigenvalue weighted by atomic mass is 9.68. The lowest BCUT2D eigenvalue weighted by Gasteiger charge is -2.33. The number of carbonyl (C=O) groups is 3. The van der Waals surface area contributed by atoms with Crippen molar-refractivity contribution in [2.45, 2.75) is 33.3 Å². The molecule has 2 aromatic rings. The molecule has 0 fully saturated rings. The average molecular weight is 398 g/mol. The molecular formula is C23H26O6. The van der Waals surface area contributed by atoms with Crippen LogP contribution in [0.3, 0.4) is 0 Å². The van der Waals surface area contributed by atoms with Crippen molar-refractivity contribution in [1.82, 2.24) is 0 Å². The molecule has 0 aliphatic carbocycles. The van der Waals surface area contributed by atoms with E-state index in [-0.39, 0.29) is 25.4 Å². The van der Waals surface area contributed by atoms with E-state index in [4.69, 9.17) is 4.74 Å². The van der Waals surface area contributed by atoms with Gasteiger partial charge in [0.2, 0.25) is 0 Å². The molecule has 6 nitrogen and oxygen atoms in total. The van der Waals surface area contributed by atoms with Crippen molar-refractivity contribution < 1.29 is 29.3 Å². The Balaban J connectivity index is 2.46. The van der Waals surface area contributed by atoms with Crippen molar-refractivity contribution in [3.8, 4) is 0 Å². The molecule has 0 bridgehead atoms. The Morgan fingerprint density at radius 2 is 1.41 bits per heavy atom. The molecule has 0 heterocycles. The first kappa shape index (κ1) is 22.1. The van der Waals surface area contributed by atoms with Gasteiger partial charge in [0.25, 0.3) is 0 Å². The molecule has 0 spiro atoms. The number of rotatable bonds is 10. The van der Waals surface area contributed by atoms with Crippen molar-refractivity contribution >= 4 is 17.9 Å². The number of carboxylic acid groups (broad SMARTS) is 2. The first-order chi connectivity index (χ1) is 13.8. The summed E-state index contributed by atoms with van der Waals surface area (Å²) in [7, 11) is 0. The van der Waals surface area contributed by atoms with Crippen molar-refractivity contribution in [2.24, 2.45) is 17.3 Å². The summed E-state index contributed by atoms with van der Waals surface area (Å²) in [5, 5.41) is 20.0. The predicted octanol–water partition coefficient (Wildman–Crippen LogP) is 3.79. The fraction of sp³-hybridized carbons (Fsp3) is 0.348. The third kappa shape index (κ3) is 5.44. The van der Waals surface area contributed by atoms with E-state index >= 15 is 0 Å². The highest BCUT2D eigenvalue weighted by molar-refractivity contribution is 6.03. The van der Waals surface area contributed by atoms with Gasteiger partial charge in [-0.1, -0.05) is 74.5 Å². The van der Waals surface area contributed by atoms with Crippen molar-refractivity contribution in [3.05, 3.63) is 71.8 Å². The molecular weight excluding hydrogens is 372 g/mol. The molecule has 0 amide bonds. The van der Waals surface area contributed by atoms with Crippen LogP contribution in [0.25, 0.3) is 0 Å². The molecule has 0 saturated heterocycles. The summed E-state index contributed by atoms with van der Waals surface area (Å²) in [4.78, 5) is 37.7. The van der Waals surface area contributed by atoms with Crippen molar-refractivity contribution in [3.63, 3.8) is 0 Å². The van der Waals surface area contributed by atoms with Crippen molar-refractivity contribution in [1.29, 1.82) is 0 Å². The van der Waals surface area contributed by atoms with Gasteiger partial charge in [0.15, 0.2) is 5.41 Å². The average Bonchev–Trinajstić information content (AvgIpc) is 2.69. The number of benzene rings is 2. The van der Waals surface area contributed by atoms with E-state index in [2.05, 4.69) is 0 Å². The predicted molar refractivity (Wildman–Crippen MR) is 107 cm³/mol. The number of hydrogen-bond donors (Lipinski definition) is 2. The fourth-order valence-corrected chi connectivity index (χ4v) is 3.40. The number of hydrogen-bond acceptors (Lipinski definition) is 4. The minimum Gasteiger partial charge on any atom is -0.481 e. The molecule has 2 N–H and O–H groups in total. The van der Waals surface area contributed by atoms with Crippen LogP contribution in [0.2, 0.25) is 0 Å². The smallest absolute Gasteiger partial charge is 0.325 e. The zero-order valence-electron chi connectivity index (χ0n) is 16.6. The monoisotopic (exact) mass is 398 g/mol. The van der Waals surface area contributed by atoms with E-state index in [1.54, 1.807) is 68.4 Å². The second kappa shape index (κ2) is 9.87. The highest BCUT2D eigenvalue weighted by Gasteiger charge is 2.57. The summed E-state index contributed by atoms with van der Waals surface area (Å²) in [6.07, 6.45) is -0.227. The topological polar surface area (TPSA) is 101 Å².